The third-order valence-corrected chi connectivity index (χ3v) is 6.74. The molecule has 0 aromatic heterocycles. The zero-order valence-electron chi connectivity index (χ0n) is 19.0. The molecule has 2 N–H and O–H groups in total. The number of benzene rings is 2. The molecular formula is C25H25F3N2O5. The minimum absolute atomic E-state index is 0.0416. The first-order chi connectivity index (χ1) is 16.5. The van der Waals surface area contributed by atoms with Crippen molar-refractivity contribution in [2.75, 3.05) is 13.2 Å². The molecule has 7 nitrogen and oxygen atoms in total. The lowest BCUT2D eigenvalue weighted by Crippen LogP contribution is -2.68. The molecule has 1 fully saturated rings. The molecule has 2 aliphatic rings. The van der Waals surface area contributed by atoms with Crippen LogP contribution in [0.2, 0.25) is 0 Å². The molecule has 0 spiro atoms. The largest absolute Gasteiger partial charge is 0.480 e. The van der Waals surface area contributed by atoms with Crippen LogP contribution < -0.4 is 5.32 Å². The maximum atomic E-state index is 14.1. The van der Waals surface area contributed by atoms with Crippen molar-refractivity contribution in [3.63, 3.8) is 0 Å². The Labute approximate surface area is 199 Å². The smallest absolute Gasteiger partial charge is 0.420 e. The van der Waals surface area contributed by atoms with E-state index >= 15 is 0 Å². The molecule has 2 aromatic rings. The van der Waals surface area contributed by atoms with Gasteiger partial charge in [0.1, 0.15) is 12.6 Å². The van der Waals surface area contributed by atoms with Crippen molar-refractivity contribution in [2.45, 2.75) is 49.9 Å². The highest BCUT2D eigenvalue weighted by Crippen LogP contribution is 2.44. The second-order valence-electron chi connectivity index (χ2n) is 8.92. The maximum absolute atomic E-state index is 14.1. The number of halogens is 3. The predicted octanol–water partition coefficient (Wildman–Crippen LogP) is 4.31. The summed E-state index contributed by atoms with van der Waals surface area (Å²) in [7, 11) is 0. The zero-order valence-corrected chi connectivity index (χ0v) is 19.0. The van der Waals surface area contributed by atoms with Crippen LogP contribution in [-0.4, -0.2) is 58.9 Å². The van der Waals surface area contributed by atoms with Gasteiger partial charge in [-0.15, -0.1) is 0 Å². The lowest BCUT2D eigenvalue weighted by atomic mass is 9.94. The van der Waals surface area contributed by atoms with Crippen molar-refractivity contribution in [3.05, 3.63) is 59.7 Å². The summed E-state index contributed by atoms with van der Waals surface area (Å²) in [6, 6.07) is 13.6. The fourth-order valence-electron chi connectivity index (χ4n) is 4.80. The molecule has 35 heavy (non-hydrogen) atoms. The molecule has 4 rings (SSSR count). The first-order valence-corrected chi connectivity index (χ1v) is 11.3. The van der Waals surface area contributed by atoms with Crippen molar-refractivity contribution in [3.8, 4) is 11.1 Å². The van der Waals surface area contributed by atoms with Crippen LogP contribution in [0.1, 0.15) is 43.2 Å². The lowest BCUT2D eigenvalue weighted by molar-refractivity contribution is -0.203. The number of alkyl carbamates (subject to hydrolysis) is 1. The summed E-state index contributed by atoms with van der Waals surface area (Å²) in [5.41, 5.74) is 0.331. The predicted molar refractivity (Wildman–Crippen MR) is 120 cm³/mol. The summed E-state index contributed by atoms with van der Waals surface area (Å²) in [6.07, 6.45) is -5.71. The molecule has 1 aliphatic heterocycles. The second kappa shape index (κ2) is 9.24. The average molecular weight is 490 g/mol. The van der Waals surface area contributed by atoms with Crippen molar-refractivity contribution in [2.24, 2.45) is 0 Å². The number of amides is 2. The fraction of sp³-hybridized carbons (Fsp3) is 0.400. The number of carbonyl (C=O) groups is 3. The Kier molecular flexibility index (Phi) is 6.48. The number of hydrogen-bond donors (Lipinski definition) is 2. The van der Waals surface area contributed by atoms with E-state index in [2.05, 4.69) is 0 Å². The van der Waals surface area contributed by atoms with Gasteiger partial charge in [0.2, 0.25) is 5.54 Å². The van der Waals surface area contributed by atoms with Crippen molar-refractivity contribution < 1.29 is 37.4 Å². The standard InChI is InChI=1S/C25H25F3N2O5/c1-24(25(26,27)28,22(33)30-13-7-6-12-20(30)21(31)32)29-23(34)35-14-19-17-10-4-2-8-15(17)16-9-3-5-11-18(16)19/h2-5,8-11,19-20H,6-7,12-14H2,1H3,(H,29,34)(H,31,32)/t20-,24?/m1/s1. The summed E-state index contributed by atoms with van der Waals surface area (Å²) in [6.45, 7) is 0.154. The highest BCUT2D eigenvalue weighted by Gasteiger charge is 2.60. The Balaban J connectivity index is 1.52. The third kappa shape index (κ3) is 4.44. The van der Waals surface area contributed by atoms with E-state index in [9.17, 15) is 32.7 Å². The fourth-order valence-corrected chi connectivity index (χ4v) is 4.80. The number of alkyl halides is 3. The topological polar surface area (TPSA) is 95.9 Å². The van der Waals surface area contributed by atoms with Gasteiger partial charge >= 0.3 is 18.2 Å². The van der Waals surface area contributed by atoms with E-state index in [1.165, 1.54) is 0 Å². The summed E-state index contributed by atoms with van der Waals surface area (Å²) in [5, 5.41) is 11.1. The van der Waals surface area contributed by atoms with Gasteiger partial charge in [-0.3, -0.25) is 10.1 Å². The van der Waals surface area contributed by atoms with Gasteiger partial charge in [-0.25, -0.2) is 9.59 Å². The maximum Gasteiger partial charge on any atom is 0.420 e. The third-order valence-electron chi connectivity index (χ3n) is 6.74. The highest BCUT2D eigenvalue weighted by atomic mass is 19.4. The van der Waals surface area contributed by atoms with Crippen LogP contribution in [0, 0.1) is 0 Å². The second-order valence-corrected chi connectivity index (χ2v) is 8.92. The van der Waals surface area contributed by atoms with Crippen LogP contribution in [0.4, 0.5) is 18.0 Å². The van der Waals surface area contributed by atoms with Gasteiger partial charge in [-0.2, -0.15) is 13.2 Å². The Morgan fingerprint density at radius 1 is 1.03 bits per heavy atom. The normalized spacial score (nSPS) is 19.3. The molecule has 186 valence electrons. The molecule has 1 aliphatic carbocycles. The summed E-state index contributed by atoms with van der Waals surface area (Å²) >= 11 is 0. The van der Waals surface area contributed by atoms with Crippen LogP contribution in [0.5, 0.6) is 0 Å². The Morgan fingerprint density at radius 3 is 2.14 bits per heavy atom. The lowest BCUT2D eigenvalue weighted by Gasteiger charge is -2.40. The monoisotopic (exact) mass is 490 g/mol. The SMILES string of the molecule is CC(NC(=O)OCC1c2ccccc2-c2ccccc21)(C(=O)N1CCCC[C@@H]1C(=O)O)C(F)(F)F. The van der Waals surface area contributed by atoms with Crippen molar-refractivity contribution >= 4 is 18.0 Å². The van der Waals surface area contributed by atoms with Gasteiger partial charge in [0.05, 0.1) is 0 Å². The minimum atomic E-state index is -5.18. The number of likely N-dealkylation sites (tertiary alicyclic amines) is 1. The molecule has 10 heteroatoms. The molecule has 0 saturated carbocycles. The average Bonchev–Trinajstić information content (AvgIpc) is 3.15. The Bertz CT molecular complexity index is 1110. The van der Waals surface area contributed by atoms with Crippen LogP contribution in [-0.2, 0) is 14.3 Å². The Hall–Kier alpha value is -3.56. The molecule has 2 amide bonds. The molecule has 0 radical (unpaired) electrons. The Morgan fingerprint density at radius 2 is 1.60 bits per heavy atom. The van der Waals surface area contributed by atoms with Crippen LogP contribution in [0.15, 0.2) is 48.5 Å². The van der Waals surface area contributed by atoms with E-state index in [-0.39, 0.29) is 25.5 Å². The molecule has 1 unspecified atom stereocenters. The number of carbonyl (C=O) groups excluding carboxylic acids is 2. The molecule has 0 bridgehead atoms. The quantitative estimate of drug-likeness (QED) is 0.651. The van der Waals surface area contributed by atoms with E-state index in [1.807, 2.05) is 48.5 Å². The summed E-state index contributed by atoms with van der Waals surface area (Å²) in [4.78, 5) is 37.8. The molecular weight excluding hydrogens is 465 g/mol. The van der Waals surface area contributed by atoms with Gasteiger partial charge < -0.3 is 14.7 Å². The number of carboxylic acid groups (broad SMARTS) is 1. The van der Waals surface area contributed by atoms with E-state index in [0.29, 0.717) is 24.7 Å². The van der Waals surface area contributed by atoms with Gasteiger partial charge in [0, 0.05) is 12.5 Å². The van der Waals surface area contributed by atoms with Crippen molar-refractivity contribution in [1.29, 1.82) is 0 Å². The van der Waals surface area contributed by atoms with Gasteiger partial charge in [0.25, 0.3) is 5.91 Å². The van der Waals surface area contributed by atoms with E-state index < -0.39 is 35.7 Å². The highest BCUT2D eigenvalue weighted by molar-refractivity contribution is 5.93. The summed E-state index contributed by atoms with van der Waals surface area (Å²) in [5.74, 6) is -3.28. The number of nitrogens with one attached hydrogen (secondary N) is 1. The van der Waals surface area contributed by atoms with Crippen LogP contribution >= 0.6 is 0 Å². The number of nitrogens with zero attached hydrogens (tertiary/aromatic N) is 1. The van der Waals surface area contributed by atoms with Crippen LogP contribution in [0.25, 0.3) is 11.1 Å². The molecule has 2 aromatic carbocycles. The van der Waals surface area contributed by atoms with Crippen LogP contribution in [0.3, 0.4) is 0 Å². The first kappa shape index (κ1) is 24.6. The number of ether oxygens (including phenoxy) is 1. The molecule has 1 heterocycles. The zero-order chi connectivity index (χ0) is 25.4. The number of rotatable bonds is 5. The number of aliphatic carboxylic acids is 1. The van der Waals surface area contributed by atoms with E-state index in [1.54, 1.807) is 5.32 Å². The summed E-state index contributed by atoms with van der Waals surface area (Å²) < 4.78 is 47.4. The first-order valence-electron chi connectivity index (χ1n) is 11.3. The number of piperidine rings is 1. The number of hydrogen-bond acceptors (Lipinski definition) is 4. The van der Waals surface area contributed by atoms with E-state index in [0.717, 1.165) is 22.3 Å². The number of carboxylic acids is 1. The van der Waals surface area contributed by atoms with E-state index in [4.69, 9.17) is 4.74 Å². The molecule has 1 saturated heterocycles. The van der Waals surface area contributed by atoms with Gasteiger partial charge in [0.15, 0.2) is 0 Å². The van der Waals surface area contributed by atoms with Crippen molar-refractivity contribution in [1.82, 2.24) is 10.2 Å². The number of fused-ring (bicyclic) bond motifs is 3. The van der Waals surface area contributed by atoms with Gasteiger partial charge in [-0.05, 0) is 48.4 Å². The van der Waals surface area contributed by atoms with Gasteiger partial charge in [-0.1, -0.05) is 48.5 Å². The molecule has 2 atom stereocenters. The minimum Gasteiger partial charge on any atom is -0.480 e.